The molecule has 2 rings (SSSR count). The van der Waals surface area contributed by atoms with Gasteiger partial charge in [-0.25, -0.2) is 0 Å². The van der Waals surface area contributed by atoms with Gasteiger partial charge in [-0.2, -0.15) is 5.10 Å². The summed E-state index contributed by atoms with van der Waals surface area (Å²) in [5, 5.41) is 7.56. The van der Waals surface area contributed by atoms with Crippen molar-refractivity contribution in [1.29, 1.82) is 0 Å². The molecule has 4 nitrogen and oxygen atoms in total. The van der Waals surface area contributed by atoms with Crippen molar-refractivity contribution < 1.29 is 4.79 Å². The van der Waals surface area contributed by atoms with E-state index in [1.165, 1.54) is 6.42 Å². The third-order valence-electron chi connectivity index (χ3n) is 3.47. The van der Waals surface area contributed by atoms with Gasteiger partial charge in [0.15, 0.2) is 5.78 Å². The maximum atomic E-state index is 12.1. The van der Waals surface area contributed by atoms with Crippen molar-refractivity contribution in [3.8, 4) is 0 Å². The van der Waals surface area contributed by atoms with Gasteiger partial charge in [-0.15, -0.1) is 0 Å². The van der Waals surface area contributed by atoms with Crippen LogP contribution in [0.15, 0.2) is 12.4 Å². The Balaban J connectivity index is 1.92. The molecule has 0 saturated carbocycles. The number of carbonyl (C=O) groups is 1. The van der Waals surface area contributed by atoms with E-state index in [9.17, 15) is 4.79 Å². The predicted molar refractivity (Wildman–Crippen MR) is 67.0 cm³/mol. The largest absolute Gasteiger partial charge is 0.314 e. The average molecular weight is 235 g/mol. The number of hydrogen-bond acceptors (Lipinski definition) is 3. The van der Waals surface area contributed by atoms with Crippen LogP contribution in [0.4, 0.5) is 0 Å². The summed E-state index contributed by atoms with van der Waals surface area (Å²) in [6.07, 6.45) is 6.44. The summed E-state index contributed by atoms with van der Waals surface area (Å²) in [5.41, 5.74) is 0.742. The first kappa shape index (κ1) is 12.3. The van der Waals surface area contributed by atoms with E-state index in [0.29, 0.717) is 12.5 Å². The van der Waals surface area contributed by atoms with Crippen molar-refractivity contribution in [2.45, 2.75) is 45.7 Å². The average Bonchev–Trinajstić information content (AvgIpc) is 2.77. The molecule has 1 fully saturated rings. The summed E-state index contributed by atoms with van der Waals surface area (Å²) < 4.78 is 1.80. The zero-order valence-corrected chi connectivity index (χ0v) is 10.6. The number of nitrogens with zero attached hydrogens (tertiary/aromatic N) is 2. The van der Waals surface area contributed by atoms with Crippen LogP contribution in [0.3, 0.4) is 0 Å². The minimum atomic E-state index is 0.205. The van der Waals surface area contributed by atoms with Crippen LogP contribution < -0.4 is 5.32 Å². The van der Waals surface area contributed by atoms with Crippen LogP contribution in [0.25, 0.3) is 0 Å². The molecular formula is C13H21N3O. The highest BCUT2D eigenvalue weighted by atomic mass is 16.1. The standard InChI is InChI=1S/C13H21N3O/c1-3-16-9-11(8-15-16)13(17)7-12-6-10(2)4-5-14-12/h8-10,12,14H,3-7H2,1-2H3. The number of hydrogen-bond donors (Lipinski definition) is 1. The second-order valence-electron chi connectivity index (χ2n) is 4.99. The zero-order chi connectivity index (χ0) is 12.3. The molecule has 94 valence electrons. The second kappa shape index (κ2) is 5.45. The fourth-order valence-electron chi connectivity index (χ4n) is 2.40. The number of Topliss-reactive ketones (excluding diaryl/α,β-unsaturated/α-hetero) is 1. The first-order chi connectivity index (χ1) is 8.19. The molecule has 0 spiro atoms. The van der Waals surface area contributed by atoms with Crippen LogP contribution in [-0.2, 0) is 6.54 Å². The summed E-state index contributed by atoms with van der Waals surface area (Å²) in [4.78, 5) is 12.1. The summed E-state index contributed by atoms with van der Waals surface area (Å²) >= 11 is 0. The Labute approximate surface area is 102 Å². The quantitative estimate of drug-likeness (QED) is 0.810. The van der Waals surface area contributed by atoms with Gasteiger partial charge < -0.3 is 5.32 Å². The smallest absolute Gasteiger partial charge is 0.167 e. The highest BCUT2D eigenvalue weighted by Crippen LogP contribution is 2.18. The SMILES string of the molecule is CCn1cc(C(=O)CC2CC(C)CCN2)cn1. The maximum absolute atomic E-state index is 12.1. The Morgan fingerprint density at radius 2 is 2.47 bits per heavy atom. The Bertz CT molecular complexity index is 386. The molecule has 0 aliphatic carbocycles. The van der Waals surface area contributed by atoms with E-state index in [4.69, 9.17) is 0 Å². The van der Waals surface area contributed by atoms with Gasteiger partial charge >= 0.3 is 0 Å². The summed E-state index contributed by atoms with van der Waals surface area (Å²) in [5.74, 6) is 0.934. The highest BCUT2D eigenvalue weighted by molar-refractivity contribution is 5.95. The topological polar surface area (TPSA) is 46.9 Å². The molecule has 2 heterocycles. The van der Waals surface area contributed by atoms with E-state index >= 15 is 0 Å². The first-order valence-corrected chi connectivity index (χ1v) is 6.48. The number of ketones is 1. The molecule has 1 aromatic heterocycles. The van der Waals surface area contributed by atoms with Gasteiger partial charge in [0.2, 0.25) is 0 Å². The number of aromatic nitrogens is 2. The number of aryl methyl sites for hydroxylation is 1. The third-order valence-corrected chi connectivity index (χ3v) is 3.47. The number of piperidine rings is 1. The lowest BCUT2D eigenvalue weighted by Crippen LogP contribution is -2.38. The van der Waals surface area contributed by atoms with Crippen LogP contribution in [0.2, 0.25) is 0 Å². The van der Waals surface area contributed by atoms with Crippen molar-refractivity contribution in [1.82, 2.24) is 15.1 Å². The Kier molecular flexibility index (Phi) is 3.94. The molecule has 0 bridgehead atoms. The molecule has 4 heteroatoms. The summed E-state index contributed by atoms with van der Waals surface area (Å²) in [7, 11) is 0. The van der Waals surface area contributed by atoms with Gasteiger partial charge in [-0.3, -0.25) is 9.48 Å². The molecule has 1 aromatic rings. The van der Waals surface area contributed by atoms with Gasteiger partial charge in [-0.05, 0) is 32.2 Å². The Morgan fingerprint density at radius 1 is 1.65 bits per heavy atom. The molecular weight excluding hydrogens is 214 g/mol. The monoisotopic (exact) mass is 235 g/mol. The van der Waals surface area contributed by atoms with E-state index in [2.05, 4.69) is 17.3 Å². The molecule has 1 aliphatic heterocycles. The van der Waals surface area contributed by atoms with Crippen molar-refractivity contribution in [3.63, 3.8) is 0 Å². The van der Waals surface area contributed by atoms with Crippen LogP contribution in [0, 0.1) is 5.92 Å². The molecule has 1 N–H and O–H groups in total. The van der Waals surface area contributed by atoms with Crippen LogP contribution in [0.5, 0.6) is 0 Å². The molecule has 17 heavy (non-hydrogen) atoms. The van der Waals surface area contributed by atoms with E-state index in [0.717, 1.165) is 31.0 Å². The first-order valence-electron chi connectivity index (χ1n) is 6.48. The molecule has 0 amide bonds. The van der Waals surface area contributed by atoms with Crippen molar-refractivity contribution in [3.05, 3.63) is 18.0 Å². The van der Waals surface area contributed by atoms with E-state index in [1.54, 1.807) is 10.9 Å². The normalized spacial score (nSPS) is 24.8. The molecule has 0 radical (unpaired) electrons. The molecule has 2 atom stereocenters. The molecule has 1 aliphatic rings. The van der Waals surface area contributed by atoms with Crippen molar-refractivity contribution in [2.24, 2.45) is 5.92 Å². The Hall–Kier alpha value is -1.16. The van der Waals surface area contributed by atoms with E-state index in [1.807, 2.05) is 13.1 Å². The minimum absolute atomic E-state index is 0.205. The predicted octanol–water partition coefficient (Wildman–Crippen LogP) is 1.86. The third kappa shape index (κ3) is 3.16. The second-order valence-corrected chi connectivity index (χ2v) is 4.99. The number of carbonyl (C=O) groups excluding carboxylic acids is 1. The maximum Gasteiger partial charge on any atom is 0.167 e. The van der Waals surface area contributed by atoms with Gasteiger partial charge in [0.1, 0.15) is 0 Å². The Morgan fingerprint density at radius 3 is 3.12 bits per heavy atom. The lowest BCUT2D eigenvalue weighted by Gasteiger charge is -2.27. The summed E-state index contributed by atoms with van der Waals surface area (Å²) in [6, 6.07) is 0.344. The van der Waals surface area contributed by atoms with Crippen molar-refractivity contribution >= 4 is 5.78 Å². The lowest BCUT2D eigenvalue weighted by atomic mass is 9.91. The molecule has 1 saturated heterocycles. The van der Waals surface area contributed by atoms with Gasteiger partial charge in [-0.1, -0.05) is 6.92 Å². The van der Waals surface area contributed by atoms with Crippen molar-refractivity contribution in [2.75, 3.05) is 6.54 Å². The summed E-state index contributed by atoms with van der Waals surface area (Å²) in [6.45, 7) is 6.12. The number of nitrogens with one attached hydrogen (secondary N) is 1. The fourth-order valence-corrected chi connectivity index (χ4v) is 2.40. The lowest BCUT2D eigenvalue weighted by molar-refractivity contribution is 0.0959. The van der Waals surface area contributed by atoms with Gasteiger partial charge in [0.05, 0.1) is 11.8 Å². The molecule has 2 unspecified atom stereocenters. The molecule has 0 aromatic carbocycles. The van der Waals surface area contributed by atoms with E-state index in [-0.39, 0.29) is 5.78 Å². The highest BCUT2D eigenvalue weighted by Gasteiger charge is 2.21. The van der Waals surface area contributed by atoms with Gasteiger partial charge in [0, 0.05) is 25.2 Å². The van der Waals surface area contributed by atoms with Crippen LogP contribution in [-0.4, -0.2) is 28.2 Å². The fraction of sp³-hybridized carbons (Fsp3) is 0.692. The van der Waals surface area contributed by atoms with Crippen LogP contribution in [0.1, 0.15) is 43.5 Å². The number of rotatable bonds is 4. The van der Waals surface area contributed by atoms with Crippen LogP contribution >= 0.6 is 0 Å². The minimum Gasteiger partial charge on any atom is -0.314 e. The zero-order valence-electron chi connectivity index (χ0n) is 10.6. The van der Waals surface area contributed by atoms with E-state index < -0.39 is 0 Å². The van der Waals surface area contributed by atoms with Gasteiger partial charge in [0.25, 0.3) is 0 Å².